The molecule has 0 unspecified atom stereocenters. The predicted molar refractivity (Wildman–Crippen MR) is 105 cm³/mol. The lowest BCUT2D eigenvalue weighted by Crippen LogP contribution is -2.05. The molecule has 0 aliphatic rings. The maximum atomic E-state index is 14.1. The molecule has 0 amide bonds. The second-order valence-corrected chi connectivity index (χ2v) is 6.85. The Morgan fingerprint density at radius 1 is 1.07 bits per heavy atom. The molecule has 0 aliphatic carbocycles. The van der Waals surface area contributed by atoms with Crippen molar-refractivity contribution >= 4 is 22.8 Å². The van der Waals surface area contributed by atoms with Gasteiger partial charge in [-0.25, -0.2) is 24.0 Å². The fourth-order valence-corrected chi connectivity index (χ4v) is 3.63. The van der Waals surface area contributed by atoms with Crippen LogP contribution in [0, 0.1) is 5.82 Å². The highest BCUT2D eigenvalue weighted by Crippen LogP contribution is 2.27. The van der Waals surface area contributed by atoms with Crippen LogP contribution in [0.25, 0.3) is 22.6 Å². The molecule has 7 heteroatoms. The van der Waals surface area contributed by atoms with Crippen LogP contribution in [-0.4, -0.2) is 31.0 Å². The zero-order valence-electron chi connectivity index (χ0n) is 15.1. The van der Waals surface area contributed by atoms with Crippen molar-refractivity contribution in [2.24, 2.45) is 0 Å². The largest absolute Gasteiger partial charge is 0.242 e. The van der Waals surface area contributed by atoms with Crippen LogP contribution < -0.4 is 0 Å². The van der Waals surface area contributed by atoms with Crippen molar-refractivity contribution in [2.75, 3.05) is 6.26 Å². The van der Waals surface area contributed by atoms with Crippen molar-refractivity contribution in [1.29, 1.82) is 0 Å². The number of nitrogens with zero attached hydrogens (tertiary/aromatic N) is 5. The van der Waals surface area contributed by atoms with Crippen LogP contribution in [-0.2, 0) is 13.0 Å². The van der Waals surface area contributed by atoms with E-state index in [1.54, 1.807) is 34.8 Å². The summed E-state index contributed by atoms with van der Waals surface area (Å²) in [5, 5.41) is 6.48. The third kappa shape index (κ3) is 3.30. The summed E-state index contributed by atoms with van der Waals surface area (Å²) in [7, 11) is 0. The summed E-state index contributed by atoms with van der Waals surface area (Å²) in [4.78, 5) is 13.7. The maximum Gasteiger partial charge on any atom is 0.181 e. The molecule has 0 atom stereocenters. The van der Waals surface area contributed by atoms with E-state index in [0.29, 0.717) is 29.3 Å². The number of pyridine rings is 1. The molecule has 0 radical (unpaired) electrons. The molecule has 0 saturated carbocycles. The van der Waals surface area contributed by atoms with Gasteiger partial charge in [0.15, 0.2) is 11.5 Å². The zero-order chi connectivity index (χ0) is 18.8. The minimum absolute atomic E-state index is 0.258. The van der Waals surface area contributed by atoms with Crippen molar-refractivity contribution in [3.63, 3.8) is 0 Å². The number of hydrogen-bond acceptors (Lipinski definition) is 5. The second kappa shape index (κ2) is 7.44. The number of rotatable bonds is 5. The number of hydrogen-bond donors (Lipinski definition) is 0. The number of thioether (sulfide) groups is 1. The monoisotopic (exact) mass is 379 g/mol. The van der Waals surface area contributed by atoms with E-state index in [0.717, 1.165) is 22.4 Å². The SMILES string of the molecule is CCc1cnc(-c2nn(Cc3ccccc3F)c3ncccc23)nc1SC. The van der Waals surface area contributed by atoms with E-state index in [2.05, 4.69) is 22.0 Å². The Balaban J connectivity index is 1.84. The standard InChI is InChI=1S/C20H18FN5S/c1-3-13-11-23-18(24-20(13)27-2)17-15-8-6-10-22-19(15)26(25-17)12-14-7-4-5-9-16(14)21/h4-11H,3,12H2,1-2H3. The fourth-order valence-electron chi connectivity index (χ4n) is 3.00. The van der Waals surface area contributed by atoms with Gasteiger partial charge in [-0.05, 0) is 30.9 Å². The molecule has 4 rings (SSSR count). The third-order valence-electron chi connectivity index (χ3n) is 4.40. The second-order valence-electron chi connectivity index (χ2n) is 6.05. The molecular formula is C20H18FN5S. The predicted octanol–water partition coefficient (Wildman–Crippen LogP) is 4.36. The van der Waals surface area contributed by atoms with E-state index >= 15 is 0 Å². The smallest absolute Gasteiger partial charge is 0.181 e. The van der Waals surface area contributed by atoms with Crippen LogP contribution in [0.15, 0.2) is 53.8 Å². The lowest BCUT2D eigenvalue weighted by atomic mass is 10.2. The molecule has 5 nitrogen and oxygen atoms in total. The molecule has 3 heterocycles. The van der Waals surface area contributed by atoms with Crippen LogP contribution >= 0.6 is 11.8 Å². The fraction of sp³-hybridized carbons (Fsp3) is 0.200. The maximum absolute atomic E-state index is 14.1. The van der Waals surface area contributed by atoms with Gasteiger partial charge in [-0.2, -0.15) is 5.10 Å². The van der Waals surface area contributed by atoms with Crippen LogP contribution in [0.3, 0.4) is 0 Å². The van der Waals surface area contributed by atoms with E-state index in [1.165, 1.54) is 6.07 Å². The first-order chi connectivity index (χ1) is 13.2. The summed E-state index contributed by atoms with van der Waals surface area (Å²) in [6.07, 6.45) is 6.44. The van der Waals surface area contributed by atoms with Gasteiger partial charge >= 0.3 is 0 Å². The Bertz CT molecular complexity index is 1110. The van der Waals surface area contributed by atoms with Gasteiger partial charge in [-0.15, -0.1) is 11.8 Å². The van der Waals surface area contributed by atoms with Gasteiger partial charge in [0.25, 0.3) is 0 Å². The van der Waals surface area contributed by atoms with E-state index in [9.17, 15) is 4.39 Å². The number of halogens is 1. The molecule has 0 aliphatic heterocycles. The van der Waals surface area contributed by atoms with Crippen molar-refractivity contribution in [1.82, 2.24) is 24.7 Å². The number of aryl methyl sites for hydroxylation is 1. The van der Waals surface area contributed by atoms with Crippen LogP contribution in [0.2, 0.25) is 0 Å². The molecule has 0 fully saturated rings. The van der Waals surface area contributed by atoms with Crippen LogP contribution in [0.1, 0.15) is 18.1 Å². The van der Waals surface area contributed by atoms with Crippen molar-refractivity contribution < 1.29 is 4.39 Å². The Hall–Kier alpha value is -2.80. The number of fused-ring (bicyclic) bond motifs is 1. The highest BCUT2D eigenvalue weighted by molar-refractivity contribution is 7.98. The third-order valence-corrected chi connectivity index (χ3v) is 5.14. The lowest BCUT2D eigenvalue weighted by Gasteiger charge is -2.05. The summed E-state index contributed by atoms with van der Waals surface area (Å²) in [5.41, 5.74) is 3.02. The van der Waals surface area contributed by atoms with Gasteiger partial charge in [0.2, 0.25) is 0 Å². The molecule has 3 aromatic heterocycles. The molecular weight excluding hydrogens is 361 g/mol. The van der Waals surface area contributed by atoms with E-state index < -0.39 is 0 Å². The first-order valence-electron chi connectivity index (χ1n) is 8.66. The lowest BCUT2D eigenvalue weighted by molar-refractivity contribution is 0.589. The van der Waals surface area contributed by atoms with Gasteiger partial charge in [0.1, 0.15) is 16.5 Å². The average molecular weight is 379 g/mol. The van der Waals surface area contributed by atoms with Gasteiger partial charge < -0.3 is 0 Å². The first-order valence-corrected chi connectivity index (χ1v) is 9.89. The first kappa shape index (κ1) is 17.6. The molecule has 27 heavy (non-hydrogen) atoms. The zero-order valence-corrected chi connectivity index (χ0v) is 15.9. The summed E-state index contributed by atoms with van der Waals surface area (Å²) in [6.45, 7) is 2.38. The van der Waals surface area contributed by atoms with Gasteiger partial charge in [-0.1, -0.05) is 25.1 Å². The Labute approximate surface area is 160 Å². The van der Waals surface area contributed by atoms with Gasteiger partial charge in [-0.3, -0.25) is 0 Å². The number of benzene rings is 1. The minimum atomic E-state index is -0.258. The van der Waals surface area contributed by atoms with Crippen molar-refractivity contribution in [2.45, 2.75) is 24.9 Å². The highest BCUT2D eigenvalue weighted by Gasteiger charge is 2.17. The van der Waals surface area contributed by atoms with E-state index in [-0.39, 0.29) is 5.82 Å². The summed E-state index contributed by atoms with van der Waals surface area (Å²) in [6, 6.07) is 10.5. The van der Waals surface area contributed by atoms with Crippen molar-refractivity contribution in [3.8, 4) is 11.5 Å². The average Bonchev–Trinajstić information content (AvgIpc) is 3.08. The van der Waals surface area contributed by atoms with E-state index in [1.807, 2.05) is 30.7 Å². The normalized spacial score (nSPS) is 11.2. The Morgan fingerprint density at radius 2 is 1.93 bits per heavy atom. The quantitative estimate of drug-likeness (QED) is 0.381. The van der Waals surface area contributed by atoms with Crippen LogP contribution in [0.5, 0.6) is 0 Å². The molecule has 0 saturated heterocycles. The molecule has 0 bridgehead atoms. The summed E-state index contributed by atoms with van der Waals surface area (Å²) >= 11 is 1.59. The molecule has 4 aromatic rings. The molecule has 0 N–H and O–H groups in total. The van der Waals surface area contributed by atoms with Crippen molar-refractivity contribution in [3.05, 3.63) is 65.7 Å². The Morgan fingerprint density at radius 3 is 2.70 bits per heavy atom. The van der Waals surface area contributed by atoms with Crippen LogP contribution in [0.4, 0.5) is 4.39 Å². The number of aromatic nitrogens is 5. The molecule has 1 aromatic carbocycles. The van der Waals surface area contributed by atoms with Gasteiger partial charge in [0, 0.05) is 23.5 Å². The topological polar surface area (TPSA) is 56.5 Å². The molecule has 0 spiro atoms. The van der Waals surface area contributed by atoms with Gasteiger partial charge in [0.05, 0.1) is 11.9 Å². The summed E-state index contributed by atoms with van der Waals surface area (Å²) in [5.74, 6) is 0.300. The summed E-state index contributed by atoms with van der Waals surface area (Å²) < 4.78 is 15.8. The van der Waals surface area contributed by atoms with E-state index in [4.69, 9.17) is 4.98 Å². The molecule has 136 valence electrons. The minimum Gasteiger partial charge on any atom is -0.242 e. The Kier molecular flexibility index (Phi) is 4.85. The highest BCUT2D eigenvalue weighted by atomic mass is 32.2.